The van der Waals surface area contributed by atoms with Crippen LogP contribution in [-0.2, 0) is 22.7 Å². The van der Waals surface area contributed by atoms with Crippen LogP contribution in [-0.4, -0.2) is 41.4 Å². The van der Waals surface area contributed by atoms with Gasteiger partial charge < -0.3 is 25.6 Å². The molecule has 182 valence electrons. The molecule has 0 radical (unpaired) electrons. The number of hydrogen-bond acceptors (Lipinski definition) is 6. The van der Waals surface area contributed by atoms with E-state index in [9.17, 15) is 9.59 Å². The fourth-order valence-electron chi connectivity index (χ4n) is 4.24. The summed E-state index contributed by atoms with van der Waals surface area (Å²) in [5, 5.41) is 2.85. The molecule has 8 nitrogen and oxygen atoms in total. The number of nitrogens with zero attached hydrogens (tertiary/aromatic N) is 3. The van der Waals surface area contributed by atoms with Crippen molar-refractivity contribution in [3.63, 3.8) is 0 Å². The van der Waals surface area contributed by atoms with Gasteiger partial charge in [0.2, 0.25) is 17.7 Å². The predicted octanol–water partition coefficient (Wildman–Crippen LogP) is 3.95. The monoisotopic (exact) mass is 465 g/mol. The molecule has 1 aliphatic heterocycles. The van der Waals surface area contributed by atoms with Crippen LogP contribution in [0.2, 0.25) is 0 Å². The Morgan fingerprint density at radius 3 is 2.79 bits per heavy atom. The highest BCUT2D eigenvalue weighted by atomic mass is 16.5. The van der Waals surface area contributed by atoms with E-state index in [1.807, 2.05) is 34.9 Å². The van der Waals surface area contributed by atoms with Crippen LogP contribution in [0.15, 0.2) is 30.3 Å². The smallest absolute Gasteiger partial charge is 0.244 e. The topological polar surface area (TPSA) is 101 Å². The summed E-state index contributed by atoms with van der Waals surface area (Å²) in [7, 11) is 0. The highest BCUT2D eigenvalue weighted by Crippen LogP contribution is 2.37. The Hall–Kier alpha value is -3.29. The van der Waals surface area contributed by atoms with Crippen LogP contribution in [0.25, 0.3) is 0 Å². The number of fused-ring (bicyclic) bond motifs is 1. The summed E-state index contributed by atoms with van der Waals surface area (Å²) in [5.74, 6) is 1.44. The van der Waals surface area contributed by atoms with Gasteiger partial charge in [-0.25, -0.2) is 0 Å². The lowest BCUT2D eigenvalue weighted by Crippen LogP contribution is -2.38. The molecule has 1 aliphatic carbocycles. The van der Waals surface area contributed by atoms with Crippen LogP contribution in [0.3, 0.4) is 0 Å². The first kappa shape index (κ1) is 23.9. The summed E-state index contributed by atoms with van der Waals surface area (Å²) in [4.78, 5) is 33.1. The van der Waals surface area contributed by atoms with E-state index in [0.717, 1.165) is 36.2 Å². The first-order valence-corrected chi connectivity index (χ1v) is 12.3. The first-order valence-electron chi connectivity index (χ1n) is 12.3. The van der Waals surface area contributed by atoms with Crippen molar-refractivity contribution >= 4 is 29.0 Å². The van der Waals surface area contributed by atoms with Gasteiger partial charge in [-0.1, -0.05) is 44.5 Å². The average Bonchev–Trinajstić information content (AvgIpc) is 3.63. The molecule has 2 heterocycles. The van der Waals surface area contributed by atoms with Crippen molar-refractivity contribution in [2.45, 2.75) is 59.0 Å². The molecule has 8 heteroatoms. The van der Waals surface area contributed by atoms with Crippen molar-refractivity contribution in [3.8, 4) is 5.88 Å². The number of rotatable bonds is 11. The Morgan fingerprint density at radius 2 is 2.06 bits per heavy atom. The lowest BCUT2D eigenvalue weighted by molar-refractivity contribution is -0.131. The lowest BCUT2D eigenvalue weighted by atomic mass is 10.1. The third-order valence-corrected chi connectivity index (χ3v) is 6.26. The van der Waals surface area contributed by atoms with Crippen molar-refractivity contribution in [1.82, 2.24) is 9.88 Å². The molecule has 1 aromatic heterocycles. The summed E-state index contributed by atoms with van der Waals surface area (Å²) in [5.41, 5.74) is 9.66. The van der Waals surface area contributed by atoms with Crippen LogP contribution in [0.4, 0.5) is 17.2 Å². The van der Waals surface area contributed by atoms with Gasteiger partial charge in [0.05, 0.1) is 18.8 Å². The fraction of sp³-hybridized carbons (Fsp3) is 0.500. The third-order valence-electron chi connectivity index (χ3n) is 6.26. The summed E-state index contributed by atoms with van der Waals surface area (Å²) < 4.78 is 5.78. The molecule has 2 aliphatic rings. The number of nitrogens with one attached hydrogen (secondary N) is 1. The second-order valence-corrected chi connectivity index (χ2v) is 9.24. The highest BCUT2D eigenvalue weighted by Gasteiger charge is 2.27. The lowest BCUT2D eigenvalue weighted by Gasteiger charge is -2.32. The maximum atomic E-state index is 12.5. The quantitative estimate of drug-likeness (QED) is 0.488. The van der Waals surface area contributed by atoms with Crippen molar-refractivity contribution in [2.75, 3.05) is 35.6 Å². The number of nitrogens with two attached hydrogens (primary N) is 1. The number of hydrogen-bond donors (Lipinski definition) is 2. The number of ether oxygens (including phenoxy) is 1. The van der Waals surface area contributed by atoms with Gasteiger partial charge in [0.15, 0.2) is 5.82 Å². The van der Waals surface area contributed by atoms with Gasteiger partial charge in [-0.2, -0.15) is 4.98 Å². The molecule has 0 spiro atoms. The van der Waals surface area contributed by atoms with E-state index >= 15 is 0 Å². The van der Waals surface area contributed by atoms with E-state index in [-0.39, 0.29) is 24.2 Å². The number of carbonyl (C=O) groups excluding carboxylic acids is 2. The number of aromatic nitrogens is 1. The van der Waals surface area contributed by atoms with E-state index in [0.29, 0.717) is 43.6 Å². The Morgan fingerprint density at radius 1 is 1.26 bits per heavy atom. The average molecular weight is 466 g/mol. The standard InChI is InChI=1S/C26H35N5O3/c1-3-5-11-34-23-13-21-25(26(27)29-23)28-22(32)17-30(21)15-19-7-6-8-20(12-19)16-31(24(33)4-2)14-18-9-10-18/h6-8,12-13,18H,3-5,9-11,14-17H2,1-2H3,(H2,27,29)(H,28,32). The number of pyridine rings is 1. The van der Waals surface area contributed by atoms with Crippen molar-refractivity contribution in [3.05, 3.63) is 41.5 Å². The largest absolute Gasteiger partial charge is 0.478 e. The van der Waals surface area contributed by atoms with Crippen molar-refractivity contribution in [2.24, 2.45) is 5.92 Å². The zero-order valence-corrected chi connectivity index (χ0v) is 20.2. The number of unbranched alkanes of at least 4 members (excludes halogenated alkanes) is 1. The normalized spacial score (nSPS) is 15.0. The van der Waals surface area contributed by atoms with Gasteiger partial charge in [0.1, 0.15) is 5.69 Å². The second-order valence-electron chi connectivity index (χ2n) is 9.24. The van der Waals surface area contributed by atoms with Gasteiger partial charge >= 0.3 is 0 Å². The number of anilines is 3. The fourth-order valence-corrected chi connectivity index (χ4v) is 4.24. The summed E-state index contributed by atoms with van der Waals surface area (Å²) >= 11 is 0. The molecule has 0 atom stereocenters. The molecule has 3 N–H and O–H groups in total. The van der Waals surface area contributed by atoms with Crippen LogP contribution in [0, 0.1) is 5.92 Å². The molecule has 34 heavy (non-hydrogen) atoms. The molecular formula is C26H35N5O3. The molecule has 0 saturated heterocycles. The molecule has 2 aromatic rings. The SMILES string of the molecule is CCCCOc1cc2c(c(N)n1)NC(=O)CN2Cc1cccc(CN(CC2CC2)C(=O)CC)c1. The molecule has 0 unspecified atom stereocenters. The number of amides is 2. The Labute approximate surface area is 201 Å². The van der Waals surface area contributed by atoms with Crippen molar-refractivity contribution < 1.29 is 14.3 Å². The Kier molecular flexibility index (Phi) is 7.55. The van der Waals surface area contributed by atoms with Gasteiger partial charge in [-0.3, -0.25) is 9.59 Å². The van der Waals surface area contributed by atoms with Gasteiger partial charge in [0, 0.05) is 32.1 Å². The third kappa shape index (κ3) is 5.98. The molecule has 4 rings (SSSR count). The minimum absolute atomic E-state index is 0.124. The number of carbonyl (C=O) groups is 2. The number of benzene rings is 1. The van der Waals surface area contributed by atoms with Crippen LogP contribution in [0.5, 0.6) is 5.88 Å². The maximum Gasteiger partial charge on any atom is 0.244 e. The minimum Gasteiger partial charge on any atom is -0.478 e. The van der Waals surface area contributed by atoms with E-state index in [1.165, 1.54) is 12.8 Å². The van der Waals surface area contributed by atoms with Crippen LogP contribution >= 0.6 is 0 Å². The first-order chi connectivity index (χ1) is 16.5. The highest BCUT2D eigenvalue weighted by molar-refractivity contribution is 6.04. The van der Waals surface area contributed by atoms with E-state index in [4.69, 9.17) is 10.5 Å². The summed E-state index contributed by atoms with van der Waals surface area (Å²) in [6.07, 6.45) is 4.91. The van der Waals surface area contributed by atoms with E-state index in [2.05, 4.69) is 29.4 Å². The second kappa shape index (κ2) is 10.8. The zero-order chi connectivity index (χ0) is 24.1. The van der Waals surface area contributed by atoms with Gasteiger partial charge in [-0.05, 0) is 36.3 Å². The van der Waals surface area contributed by atoms with Crippen LogP contribution in [0.1, 0.15) is 57.1 Å². The Bertz CT molecular complexity index is 1040. The molecular weight excluding hydrogens is 430 g/mol. The molecule has 1 saturated carbocycles. The van der Waals surface area contributed by atoms with Crippen LogP contribution < -0.4 is 20.7 Å². The molecule has 1 fully saturated rings. The Balaban J connectivity index is 1.52. The molecule has 0 bridgehead atoms. The summed E-state index contributed by atoms with van der Waals surface area (Å²) in [6, 6.07) is 10.1. The summed E-state index contributed by atoms with van der Waals surface area (Å²) in [6.45, 7) is 6.80. The minimum atomic E-state index is -0.124. The predicted molar refractivity (Wildman–Crippen MR) is 134 cm³/mol. The molecule has 2 amide bonds. The van der Waals surface area contributed by atoms with Crippen molar-refractivity contribution in [1.29, 1.82) is 0 Å². The van der Waals surface area contributed by atoms with Gasteiger partial charge in [-0.15, -0.1) is 0 Å². The van der Waals surface area contributed by atoms with Gasteiger partial charge in [0.25, 0.3) is 0 Å². The van der Waals surface area contributed by atoms with E-state index in [1.54, 1.807) is 0 Å². The maximum absolute atomic E-state index is 12.5. The number of nitrogen functional groups attached to an aromatic ring is 1. The molecule has 1 aromatic carbocycles. The van der Waals surface area contributed by atoms with E-state index < -0.39 is 0 Å². The zero-order valence-electron chi connectivity index (χ0n) is 20.2.